The highest BCUT2D eigenvalue weighted by molar-refractivity contribution is 5.50. The minimum Gasteiger partial charge on any atom is -0.507 e. The maximum Gasteiger partial charge on any atom is 0.127 e. The summed E-state index contributed by atoms with van der Waals surface area (Å²) in [7, 11) is 0. The van der Waals surface area contributed by atoms with Gasteiger partial charge in [-0.15, -0.1) is 0 Å². The fraction of sp³-hybridized carbons (Fsp3) is 0.455. The van der Waals surface area contributed by atoms with Crippen molar-refractivity contribution in [1.29, 1.82) is 0 Å². The zero-order chi connectivity index (χ0) is 10.5. The van der Waals surface area contributed by atoms with Crippen molar-refractivity contribution in [3.05, 3.63) is 28.6 Å². The zero-order valence-corrected chi connectivity index (χ0v) is 8.26. The van der Waals surface area contributed by atoms with Gasteiger partial charge in [0.15, 0.2) is 0 Å². The number of rotatable bonds is 1. The van der Waals surface area contributed by atoms with Crippen LogP contribution in [-0.2, 0) is 5.60 Å². The highest BCUT2D eigenvalue weighted by atomic mass is 19.1. The van der Waals surface area contributed by atoms with Crippen LogP contribution >= 0.6 is 0 Å². The van der Waals surface area contributed by atoms with Gasteiger partial charge in [0.05, 0.1) is 5.60 Å². The first-order chi connectivity index (χ1) is 6.46. The van der Waals surface area contributed by atoms with Crippen LogP contribution in [0, 0.1) is 19.7 Å². The summed E-state index contributed by atoms with van der Waals surface area (Å²) < 4.78 is 13.4. The van der Waals surface area contributed by atoms with Crippen LogP contribution < -0.4 is 0 Å². The Labute approximate surface area is 82.0 Å². The van der Waals surface area contributed by atoms with Crippen molar-refractivity contribution < 1.29 is 14.6 Å². The third kappa shape index (κ3) is 1.20. The SMILES string of the molecule is Cc1cc(F)c(C)c(C2(O)CC2)c1O. The Bertz CT molecular complexity index is 369. The van der Waals surface area contributed by atoms with Crippen LogP contribution in [0.15, 0.2) is 6.07 Å². The topological polar surface area (TPSA) is 40.5 Å². The van der Waals surface area contributed by atoms with Crippen LogP contribution in [-0.4, -0.2) is 10.2 Å². The molecule has 0 aromatic heterocycles. The molecule has 1 aromatic carbocycles. The van der Waals surface area contributed by atoms with E-state index >= 15 is 0 Å². The number of aliphatic hydroxyl groups is 1. The average Bonchev–Trinajstić information content (AvgIpc) is 2.81. The average molecular weight is 196 g/mol. The molecule has 1 saturated carbocycles. The second kappa shape index (κ2) is 2.70. The second-order valence-corrected chi connectivity index (χ2v) is 4.06. The first-order valence-corrected chi connectivity index (χ1v) is 4.67. The summed E-state index contributed by atoms with van der Waals surface area (Å²) in [6.45, 7) is 3.22. The molecule has 1 aromatic rings. The minimum atomic E-state index is -0.985. The minimum absolute atomic E-state index is 0.0314. The second-order valence-electron chi connectivity index (χ2n) is 4.06. The Kier molecular flexibility index (Phi) is 1.83. The van der Waals surface area contributed by atoms with E-state index in [1.165, 1.54) is 6.07 Å². The molecule has 76 valence electrons. The summed E-state index contributed by atoms with van der Waals surface area (Å²) in [5.74, 6) is -0.334. The van der Waals surface area contributed by atoms with Crippen molar-refractivity contribution in [2.45, 2.75) is 32.3 Å². The number of halogens is 1. The Morgan fingerprint density at radius 2 is 1.93 bits per heavy atom. The van der Waals surface area contributed by atoms with Crippen LogP contribution in [0.25, 0.3) is 0 Å². The fourth-order valence-electron chi connectivity index (χ4n) is 1.80. The summed E-state index contributed by atoms with van der Waals surface area (Å²) in [6, 6.07) is 1.29. The van der Waals surface area contributed by atoms with Crippen LogP contribution in [0.2, 0.25) is 0 Å². The first-order valence-electron chi connectivity index (χ1n) is 4.67. The molecule has 2 nitrogen and oxygen atoms in total. The standard InChI is InChI=1S/C11H13FO2/c1-6-5-8(12)7(2)9(10(6)13)11(14)3-4-11/h5,13-14H,3-4H2,1-2H3. The molecule has 1 fully saturated rings. The number of phenols is 1. The number of aryl methyl sites for hydroxylation is 1. The van der Waals surface area contributed by atoms with E-state index in [1.807, 2.05) is 0 Å². The molecule has 0 saturated heterocycles. The number of hydrogen-bond acceptors (Lipinski definition) is 2. The van der Waals surface area contributed by atoms with E-state index in [9.17, 15) is 14.6 Å². The maximum atomic E-state index is 13.4. The van der Waals surface area contributed by atoms with Crippen LogP contribution in [0.4, 0.5) is 4.39 Å². The van der Waals surface area contributed by atoms with Crippen LogP contribution in [0.5, 0.6) is 5.75 Å². The molecule has 0 amide bonds. The molecule has 14 heavy (non-hydrogen) atoms. The number of aromatic hydroxyl groups is 1. The van der Waals surface area contributed by atoms with E-state index in [1.54, 1.807) is 13.8 Å². The van der Waals surface area contributed by atoms with Gasteiger partial charge in [-0.1, -0.05) is 0 Å². The van der Waals surface area contributed by atoms with Crippen molar-refractivity contribution in [2.75, 3.05) is 0 Å². The Morgan fingerprint density at radius 3 is 2.43 bits per heavy atom. The molecule has 3 heteroatoms. The molecule has 2 N–H and O–H groups in total. The predicted octanol–water partition coefficient (Wildman–Crippen LogP) is 2.13. The van der Waals surface area contributed by atoms with Crippen molar-refractivity contribution in [3.8, 4) is 5.75 Å². The zero-order valence-electron chi connectivity index (χ0n) is 8.26. The third-order valence-electron chi connectivity index (χ3n) is 2.88. The van der Waals surface area contributed by atoms with Gasteiger partial charge in [-0.2, -0.15) is 0 Å². The molecule has 0 atom stereocenters. The van der Waals surface area contributed by atoms with Crippen LogP contribution in [0.1, 0.15) is 29.5 Å². The lowest BCUT2D eigenvalue weighted by molar-refractivity contribution is 0.146. The molecule has 0 radical (unpaired) electrons. The fourth-order valence-corrected chi connectivity index (χ4v) is 1.80. The highest BCUT2D eigenvalue weighted by Crippen LogP contribution is 2.50. The van der Waals surface area contributed by atoms with Crippen molar-refractivity contribution in [3.63, 3.8) is 0 Å². The molecule has 0 spiro atoms. The van der Waals surface area contributed by atoms with Gasteiger partial charge in [-0.05, 0) is 43.9 Å². The van der Waals surface area contributed by atoms with Gasteiger partial charge >= 0.3 is 0 Å². The molecule has 1 aliphatic carbocycles. The monoisotopic (exact) mass is 196 g/mol. The maximum absolute atomic E-state index is 13.4. The van der Waals surface area contributed by atoms with Crippen molar-refractivity contribution in [1.82, 2.24) is 0 Å². The quantitative estimate of drug-likeness (QED) is 0.722. The molecule has 0 bridgehead atoms. The lowest BCUT2D eigenvalue weighted by Crippen LogP contribution is -2.09. The Hall–Kier alpha value is -1.09. The summed E-state index contributed by atoms with van der Waals surface area (Å²) in [5.41, 5.74) is 0.215. The summed E-state index contributed by atoms with van der Waals surface area (Å²) in [6.07, 6.45) is 1.20. The van der Waals surface area contributed by atoms with Gasteiger partial charge < -0.3 is 10.2 Å². The predicted molar refractivity (Wildman–Crippen MR) is 50.7 cm³/mol. The number of benzene rings is 1. The molecule has 1 aliphatic rings. The van der Waals surface area contributed by atoms with Crippen molar-refractivity contribution >= 4 is 0 Å². The van der Waals surface area contributed by atoms with E-state index in [-0.39, 0.29) is 11.6 Å². The van der Waals surface area contributed by atoms with E-state index < -0.39 is 5.60 Å². The van der Waals surface area contributed by atoms with E-state index in [4.69, 9.17) is 0 Å². The summed E-state index contributed by atoms with van der Waals surface area (Å²) >= 11 is 0. The first kappa shape index (κ1) is 9.46. The van der Waals surface area contributed by atoms with Gasteiger partial charge in [-0.25, -0.2) is 4.39 Å². The van der Waals surface area contributed by atoms with E-state index in [0.717, 1.165) is 0 Å². The lowest BCUT2D eigenvalue weighted by atomic mass is 9.97. The molecule has 2 rings (SSSR count). The molecule has 0 heterocycles. The highest BCUT2D eigenvalue weighted by Gasteiger charge is 2.45. The van der Waals surface area contributed by atoms with E-state index in [0.29, 0.717) is 29.5 Å². The summed E-state index contributed by atoms with van der Waals surface area (Å²) in [5, 5.41) is 19.6. The number of hydrogen-bond donors (Lipinski definition) is 2. The molecule has 0 unspecified atom stereocenters. The molecule has 0 aliphatic heterocycles. The molecular formula is C11H13FO2. The van der Waals surface area contributed by atoms with Gasteiger partial charge in [0.1, 0.15) is 11.6 Å². The third-order valence-corrected chi connectivity index (χ3v) is 2.88. The number of phenolic OH excluding ortho intramolecular Hbond substituents is 1. The van der Waals surface area contributed by atoms with Gasteiger partial charge in [-0.3, -0.25) is 0 Å². The molecular weight excluding hydrogens is 183 g/mol. The summed E-state index contributed by atoms with van der Waals surface area (Å²) in [4.78, 5) is 0. The van der Waals surface area contributed by atoms with Gasteiger partial charge in [0.25, 0.3) is 0 Å². The lowest BCUT2D eigenvalue weighted by Gasteiger charge is -2.16. The van der Waals surface area contributed by atoms with Crippen molar-refractivity contribution in [2.24, 2.45) is 0 Å². The van der Waals surface area contributed by atoms with Crippen LogP contribution in [0.3, 0.4) is 0 Å². The Morgan fingerprint density at radius 1 is 1.36 bits per heavy atom. The normalized spacial score (nSPS) is 18.3. The Balaban J connectivity index is 2.68. The van der Waals surface area contributed by atoms with Gasteiger partial charge in [0.2, 0.25) is 0 Å². The van der Waals surface area contributed by atoms with Gasteiger partial charge in [0, 0.05) is 5.56 Å². The van der Waals surface area contributed by atoms with E-state index in [2.05, 4.69) is 0 Å². The smallest absolute Gasteiger partial charge is 0.127 e. The largest absolute Gasteiger partial charge is 0.507 e.